The van der Waals surface area contributed by atoms with Crippen LogP contribution in [-0.4, -0.2) is 39.7 Å². The van der Waals surface area contributed by atoms with Gasteiger partial charge in [0.1, 0.15) is 10.6 Å². The molecule has 1 aliphatic heterocycles. The summed E-state index contributed by atoms with van der Waals surface area (Å²) in [6.07, 6.45) is 3.05. The Balaban J connectivity index is 1.54. The van der Waals surface area contributed by atoms with E-state index in [9.17, 15) is 9.59 Å². The van der Waals surface area contributed by atoms with Gasteiger partial charge in [0.15, 0.2) is 0 Å². The number of fused-ring (bicyclic) bond motifs is 3. The van der Waals surface area contributed by atoms with E-state index < -0.39 is 0 Å². The molecule has 0 fully saturated rings. The van der Waals surface area contributed by atoms with Crippen molar-refractivity contribution < 1.29 is 9.53 Å². The number of benzene rings is 1. The Morgan fingerprint density at radius 1 is 1.26 bits per heavy atom. The Kier molecular flexibility index (Phi) is 5.75. The minimum Gasteiger partial charge on any atom is -0.497 e. The molecule has 2 amide bonds. The van der Waals surface area contributed by atoms with Gasteiger partial charge in [-0.05, 0) is 56.9 Å². The van der Waals surface area contributed by atoms with Crippen LogP contribution in [0.1, 0.15) is 36.8 Å². The van der Waals surface area contributed by atoms with Crippen LogP contribution in [0.5, 0.6) is 5.75 Å². The number of carbonyl (C=O) groups excluding carboxylic acids is 1. The topological polar surface area (TPSA) is 76.5 Å². The molecule has 3 heterocycles. The van der Waals surface area contributed by atoms with Crippen molar-refractivity contribution in [2.45, 2.75) is 52.2 Å². The molecule has 31 heavy (non-hydrogen) atoms. The summed E-state index contributed by atoms with van der Waals surface area (Å²) in [6, 6.07) is 7.81. The number of urea groups is 1. The Bertz CT molecular complexity index is 1160. The van der Waals surface area contributed by atoms with Crippen LogP contribution in [0.2, 0.25) is 0 Å². The van der Waals surface area contributed by atoms with Crippen LogP contribution in [0.15, 0.2) is 35.4 Å². The van der Waals surface area contributed by atoms with Crippen LogP contribution in [0.4, 0.5) is 4.79 Å². The van der Waals surface area contributed by atoms with Gasteiger partial charge in [0.2, 0.25) is 0 Å². The predicted octanol–water partition coefficient (Wildman–Crippen LogP) is 3.58. The fourth-order valence-electron chi connectivity index (χ4n) is 3.79. The van der Waals surface area contributed by atoms with E-state index in [1.807, 2.05) is 49.9 Å². The number of nitrogens with zero attached hydrogens (tertiary/aromatic N) is 3. The highest BCUT2D eigenvalue weighted by molar-refractivity contribution is 7.18. The van der Waals surface area contributed by atoms with E-state index in [0.29, 0.717) is 31.4 Å². The van der Waals surface area contributed by atoms with Crippen molar-refractivity contribution in [3.8, 4) is 5.75 Å². The van der Waals surface area contributed by atoms with Gasteiger partial charge in [-0.25, -0.2) is 9.78 Å². The molecule has 7 nitrogen and oxygen atoms in total. The molecule has 0 saturated heterocycles. The molecule has 1 aromatic carbocycles. The first-order valence-corrected chi connectivity index (χ1v) is 11.3. The lowest BCUT2D eigenvalue weighted by Crippen LogP contribution is -2.49. The van der Waals surface area contributed by atoms with Gasteiger partial charge in [0.25, 0.3) is 5.56 Å². The molecule has 8 heteroatoms. The third-order valence-corrected chi connectivity index (χ3v) is 6.52. The van der Waals surface area contributed by atoms with Crippen LogP contribution < -0.4 is 15.6 Å². The molecule has 0 aliphatic carbocycles. The maximum atomic E-state index is 13.2. The first-order valence-electron chi connectivity index (χ1n) is 10.4. The van der Waals surface area contributed by atoms with Crippen molar-refractivity contribution >= 4 is 27.6 Å². The summed E-state index contributed by atoms with van der Waals surface area (Å²) < 4.78 is 6.89. The lowest BCUT2D eigenvalue weighted by atomic mass is 10.1. The largest absolute Gasteiger partial charge is 0.497 e. The van der Waals surface area contributed by atoms with Crippen LogP contribution in [-0.2, 0) is 25.9 Å². The Labute approximate surface area is 185 Å². The highest BCUT2D eigenvalue weighted by atomic mass is 32.1. The van der Waals surface area contributed by atoms with Gasteiger partial charge in [-0.2, -0.15) is 0 Å². The maximum absolute atomic E-state index is 13.2. The normalized spacial score (nSPS) is 13.9. The summed E-state index contributed by atoms with van der Waals surface area (Å²) in [5, 5.41) is 3.73. The molecule has 1 N–H and O–H groups in total. The van der Waals surface area contributed by atoms with Crippen LogP contribution >= 0.6 is 11.3 Å². The van der Waals surface area contributed by atoms with Crippen LogP contribution in [0.3, 0.4) is 0 Å². The molecule has 164 valence electrons. The van der Waals surface area contributed by atoms with Gasteiger partial charge in [-0.3, -0.25) is 9.36 Å². The molecular formula is C23H28N4O3S. The number of nitrogens with one attached hydrogen (secondary N) is 1. The SMILES string of the molecule is COc1ccc(CCn2cnc3sc4c(c3c2=O)CCN(C(=O)NC(C)(C)C)C4)cc1. The molecule has 0 bridgehead atoms. The highest BCUT2D eigenvalue weighted by Crippen LogP contribution is 2.32. The quantitative estimate of drug-likeness (QED) is 0.673. The summed E-state index contributed by atoms with van der Waals surface area (Å²) >= 11 is 1.52. The monoisotopic (exact) mass is 440 g/mol. The van der Waals surface area contributed by atoms with Crippen molar-refractivity contribution in [1.82, 2.24) is 19.8 Å². The maximum Gasteiger partial charge on any atom is 0.318 e. The number of thiophene rings is 1. The average molecular weight is 441 g/mol. The third kappa shape index (κ3) is 4.58. The first-order chi connectivity index (χ1) is 14.7. The van der Waals surface area contributed by atoms with Crippen molar-refractivity contribution in [2.24, 2.45) is 0 Å². The fraction of sp³-hybridized carbons (Fsp3) is 0.435. The van der Waals surface area contributed by atoms with Gasteiger partial charge in [0, 0.05) is 23.5 Å². The standard InChI is InChI=1S/C23H28N4O3S/c1-23(2,3)25-22(29)26-12-10-17-18(13-26)31-20-19(17)21(28)27(14-24-20)11-9-15-5-7-16(30-4)8-6-15/h5-8,14H,9-13H2,1-4H3,(H,25,29). The van der Waals surface area contributed by atoms with Gasteiger partial charge in [0.05, 0.1) is 25.4 Å². The van der Waals surface area contributed by atoms with E-state index in [1.165, 1.54) is 11.3 Å². The second kappa shape index (κ2) is 8.34. The van der Waals surface area contributed by atoms with Crippen molar-refractivity contribution in [1.29, 1.82) is 0 Å². The summed E-state index contributed by atoms with van der Waals surface area (Å²) in [5.74, 6) is 0.819. The number of hydrogen-bond acceptors (Lipinski definition) is 5. The summed E-state index contributed by atoms with van der Waals surface area (Å²) in [6.45, 7) is 7.59. The Hall–Kier alpha value is -2.87. The van der Waals surface area contributed by atoms with E-state index in [-0.39, 0.29) is 17.1 Å². The van der Waals surface area contributed by atoms with Gasteiger partial charge >= 0.3 is 6.03 Å². The second-order valence-electron chi connectivity index (χ2n) is 8.88. The number of hydrogen-bond donors (Lipinski definition) is 1. The summed E-state index contributed by atoms with van der Waals surface area (Å²) in [4.78, 5) is 33.9. The van der Waals surface area contributed by atoms with Crippen molar-refractivity contribution in [3.63, 3.8) is 0 Å². The summed E-state index contributed by atoms with van der Waals surface area (Å²) in [5.41, 5.74) is 1.91. The first kappa shape index (κ1) is 21.4. The zero-order chi connectivity index (χ0) is 22.2. The molecule has 2 aromatic heterocycles. The van der Waals surface area contributed by atoms with Crippen LogP contribution in [0, 0.1) is 0 Å². The molecular weight excluding hydrogens is 412 g/mol. The van der Waals surface area contributed by atoms with Gasteiger partial charge in [-0.15, -0.1) is 11.3 Å². The van der Waals surface area contributed by atoms with Crippen molar-refractivity contribution in [2.75, 3.05) is 13.7 Å². The minimum absolute atomic E-state index is 0.00334. The highest BCUT2D eigenvalue weighted by Gasteiger charge is 2.28. The number of methoxy groups -OCH3 is 1. The van der Waals surface area contributed by atoms with Gasteiger partial charge < -0.3 is 15.0 Å². The number of amides is 2. The fourth-order valence-corrected chi connectivity index (χ4v) is 4.99. The van der Waals surface area contributed by atoms with E-state index >= 15 is 0 Å². The molecule has 0 spiro atoms. The Morgan fingerprint density at radius 3 is 2.68 bits per heavy atom. The lowest BCUT2D eigenvalue weighted by Gasteiger charge is -2.31. The molecule has 0 radical (unpaired) electrons. The second-order valence-corrected chi connectivity index (χ2v) is 9.96. The molecule has 0 unspecified atom stereocenters. The number of aromatic nitrogens is 2. The average Bonchev–Trinajstić information content (AvgIpc) is 3.11. The van der Waals surface area contributed by atoms with E-state index in [4.69, 9.17) is 4.74 Å². The summed E-state index contributed by atoms with van der Waals surface area (Å²) in [7, 11) is 1.65. The lowest BCUT2D eigenvalue weighted by molar-refractivity contribution is 0.184. The number of ether oxygens (including phenoxy) is 1. The number of carbonyl (C=O) groups is 1. The number of aryl methyl sites for hydroxylation is 2. The Morgan fingerprint density at radius 2 is 2.00 bits per heavy atom. The molecule has 3 aromatic rings. The van der Waals surface area contributed by atoms with E-state index in [2.05, 4.69) is 10.3 Å². The molecule has 0 atom stereocenters. The van der Waals surface area contributed by atoms with Crippen molar-refractivity contribution in [3.05, 3.63) is 57.0 Å². The van der Waals surface area contributed by atoms with Gasteiger partial charge in [-0.1, -0.05) is 12.1 Å². The smallest absolute Gasteiger partial charge is 0.318 e. The molecule has 0 saturated carbocycles. The zero-order valence-electron chi connectivity index (χ0n) is 18.4. The minimum atomic E-state index is -0.281. The van der Waals surface area contributed by atoms with E-state index in [1.54, 1.807) is 18.0 Å². The number of rotatable bonds is 4. The molecule has 4 rings (SSSR count). The third-order valence-electron chi connectivity index (χ3n) is 5.40. The van der Waals surface area contributed by atoms with Crippen LogP contribution in [0.25, 0.3) is 10.2 Å². The zero-order valence-corrected chi connectivity index (χ0v) is 19.2. The predicted molar refractivity (Wildman–Crippen MR) is 123 cm³/mol. The molecule has 1 aliphatic rings. The van der Waals surface area contributed by atoms with E-state index in [0.717, 1.165) is 33.0 Å².